The molecule has 4 aromatic rings. The lowest BCUT2D eigenvalue weighted by atomic mass is 10.1. The minimum Gasteiger partial charge on any atom is -0.478 e. The third-order valence-electron chi connectivity index (χ3n) is 7.10. The molecule has 0 saturated carbocycles. The summed E-state index contributed by atoms with van der Waals surface area (Å²) in [6.07, 6.45) is 0. The van der Waals surface area contributed by atoms with Gasteiger partial charge in [0.05, 0.1) is 22.3 Å². The van der Waals surface area contributed by atoms with E-state index in [1.54, 1.807) is 73.8 Å². The lowest BCUT2D eigenvalue weighted by Gasteiger charge is -2.40. The molecule has 0 aromatic heterocycles. The van der Waals surface area contributed by atoms with Gasteiger partial charge in [0.15, 0.2) is 0 Å². The first kappa shape index (κ1) is 29.1. The van der Waals surface area contributed by atoms with E-state index in [4.69, 9.17) is 4.12 Å². The van der Waals surface area contributed by atoms with E-state index in [9.17, 15) is 39.6 Å². The Kier molecular flexibility index (Phi) is 8.06. The zero-order chi connectivity index (χ0) is 29.9. The number of hydrogen-bond donors (Lipinski definition) is 4. The quantitative estimate of drug-likeness (QED) is 0.205. The van der Waals surface area contributed by atoms with Crippen molar-refractivity contribution in [2.75, 3.05) is 0 Å². The van der Waals surface area contributed by atoms with Crippen LogP contribution in [0.4, 0.5) is 0 Å². The van der Waals surface area contributed by atoms with Gasteiger partial charge in [0.1, 0.15) is 0 Å². The van der Waals surface area contributed by atoms with Crippen LogP contribution in [-0.4, -0.2) is 60.9 Å². The number of benzene rings is 4. The smallest absolute Gasteiger partial charge is 0.336 e. The fourth-order valence-corrected chi connectivity index (χ4v) is 14.8. The minimum atomic E-state index is -3.71. The van der Waals surface area contributed by atoms with E-state index >= 15 is 0 Å². The Morgan fingerprint density at radius 2 is 0.829 bits per heavy atom. The molecule has 0 heterocycles. The standard InChI is InChI=1S/C30H26O9Si2/c1-40(19-11-5-3-6-12-19,23-17-9-15-21(27(31)32)25(23)29(35)36)39-41(2,20-13-7-4-8-14-20)24-18-10-16-22(28(33)34)26(24)30(37)38/h3-18H,1-2H3,(H,31,32)(H,33,34)(H,35,36)(H,37,38). The van der Waals surface area contributed by atoms with Crippen molar-refractivity contribution in [3.63, 3.8) is 0 Å². The predicted molar refractivity (Wildman–Crippen MR) is 156 cm³/mol. The minimum absolute atomic E-state index is 0.178. The van der Waals surface area contributed by atoms with Crippen LogP contribution in [0.2, 0.25) is 13.1 Å². The van der Waals surface area contributed by atoms with E-state index in [2.05, 4.69) is 0 Å². The molecule has 9 nitrogen and oxygen atoms in total. The molecule has 208 valence electrons. The Bertz CT molecular complexity index is 1530. The molecule has 0 aliphatic carbocycles. The number of aromatic carboxylic acids is 4. The van der Waals surface area contributed by atoms with Crippen LogP contribution < -0.4 is 20.7 Å². The van der Waals surface area contributed by atoms with Crippen LogP contribution in [0, 0.1) is 0 Å². The number of carboxylic acid groups (broad SMARTS) is 4. The third kappa shape index (κ3) is 5.33. The molecular formula is C30H26O9Si2. The molecule has 0 amide bonds. The maximum atomic E-state index is 12.6. The second-order valence-electron chi connectivity index (χ2n) is 9.58. The van der Waals surface area contributed by atoms with Crippen molar-refractivity contribution >= 4 is 61.3 Å². The summed E-state index contributed by atoms with van der Waals surface area (Å²) in [5.41, 5.74) is -1.65. The Morgan fingerprint density at radius 1 is 0.488 bits per heavy atom. The van der Waals surface area contributed by atoms with Crippen molar-refractivity contribution in [3.8, 4) is 0 Å². The van der Waals surface area contributed by atoms with E-state index in [1.807, 2.05) is 0 Å². The molecule has 0 fully saturated rings. The number of hydrogen-bond acceptors (Lipinski definition) is 5. The van der Waals surface area contributed by atoms with E-state index in [0.717, 1.165) is 0 Å². The highest BCUT2D eigenvalue weighted by Gasteiger charge is 2.48. The summed E-state index contributed by atoms with van der Waals surface area (Å²) in [5, 5.41) is 41.7. The molecule has 4 rings (SSSR count). The Hall–Kier alpha value is -4.85. The van der Waals surface area contributed by atoms with E-state index in [1.165, 1.54) is 36.4 Å². The molecule has 4 aromatic carbocycles. The Balaban J connectivity index is 2.13. The Morgan fingerprint density at radius 3 is 1.12 bits per heavy atom. The van der Waals surface area contributed by atoms with Crippen molar-refractivity contribution in [1.29, 1.82) is 0 Å². The monoisotopic (exact) mass is 586 g/mol. The van der Waals surface area contributed by atoms with Crippen LogP contribution in [0.5, 0.6) is 0 Å². The van der Waals surface area contributed by atoms with Crippen LogP contribution in [0.1, 0.15) is 41.4 Å². The van der Waals surface area contributed by atoms with Crippen molar-refractivity contribution in [2.45, 2.75) is 13.1 Å². The van der Waals surface area contributed by atoms with Gasteiger partial charge < -0.3 is 24.5 Å². The summed E-state index contributed by atoms with van der Waals surface area (Å²) >= 11 is 0. The SMILES string of the molecule is C[Si](O[Si](C)(c1ccccc1)c1cccc(C(=O)O)c1C(=O)O)(c1ccccc1)c1cccc(C(=O)O)c1C(=O)O. The van der Waals surface area contributed by atoms with Crippen molar-refractivity contribution in [1.82, 2.24) is 0 Å². The maximum Gasteiger partial charge on any atom is 0.336 e. The van der Waals surface area contributed by atoms with Crippen LogP contribution in [0.25, 0.3) is 0 Å². The van der Waals surface area contributed by atoms with Gasteiger partial charge in [-0.1, -0.05) is 84.9 Å². The van der Waals surface area contributed by atoms with Gasteiger partial charge in [0.2, 0.25) is 16.6 Å². The summed E-state index contributed by atoms with van der Waals surface area (Å²) in [5.74, 6) is -5.73. The summed E-state index contributed by atoms with van der Waals surface area (Å²) < 4.78 is 7.19. The van der Waals surface area contributed by atoms with Crippen LogP contribution in [-0.2, 0) is 4.12 Å². The number of rotatable bonds is 10. The van der Waals surface area contributed by atoms with E-state index in [-0.39, 0.29) is 10.4 Å². The average molecular weight is 587 g/mol. The lowest BCUT2D eigenvalue weighted by molar-refractivity contribution is 0.0652. The first-order chi connectivity index (χ1) is 19.4. The van der Waals surface area contributed by atoms with Crippen molar-refractivity contribution < 1.29 is 43.7 Å². The van der Waals surface area contributed by atoms with Gasteiger partial charge in [-0.15, -0.1) is 0 Å². The van der Waals surface area contributed by atoms with Gasteiger partial charge in [-0.25, -0.2) is 19.2 Å². The molecular weight excluding hydrogens is 560 g/mol. The van der Waals surface area contributed by atoms with Crippen LogP contribution in [0.3, 0.4) is 0 Å². The molecule has 2 unspecified atom stereocenters. The fourth-order valence-electron chi connectivity index (χ4n) is 5.18. The second-order valence-corrected chi connectivity index (χ2v) is 16.8. The molecule has 0 aliphatic rings. The average Bonchev–Trinajstić information content (AvgIpc) is 2.96. The highest BCUT2D eigenvalue weighted by Crippen LogP contribution is 2.22. The summed E-state index contributed by atoms with van der Waals surface area (Å²) in [4.78, 5) is 49.3. The maximum absolute atomic E-state index is 12.6. The highest BCUT2D eigenvalue weighted by atomic mass is 28.4. The zero-order valence-electron chi connectivity index (χ0n) is 22.1. The van der Waals surface area contributed by atoms with E-state index in [0.29, 0.717) is 10.4 Å². The number of carboxylic acids is 4. The van der Waals surface area contributed by atoms with Gasteiger partial charge in [0.25, 0.3) is 0 Å². The molecule has 0 radical (unpaired) electrons. The normalized spacial score (nSPS) is 13.9. The van der Waals surface area contributed by atoms with Gasteiger partial charge in [-0.05, 0) is 46.0 Å². The molecule has 0 saturated heterocycles. The molecule has 41 heavy (non-hydrogen) atoms. The topological polar surface area (TPSA) is 158 Å². The molecule has 4 N–H and O–H groups in total. The highest BCUT2D eigenvalue weighted by molar-refractivity contribution is 7.08. The summed E-state index contributed by atoms with van der Waals surface area (Å²) in [7, 11) is -7.42. The molecule has 0 aliphatic heterocycles. The molecule has 0 bridgehead atoms. The predicted octanol–water partition coefficient (Wildman–Crippen LogP) is 2.58. The second kappa shape index (κ2) is 11.3. The van der Waals surface area contributed by atoms with Crippen LogP contribution in [0.15, 0.2) is 97.1 Å². The van der Waals surface area contributed by atoms with Crippen molar-refractivity contribution in [3.05, 3.63) is 119 Å². The van der Waals surface area contributed by atoms with Gasteiger partial charge in [-0.3, -0.25) is 0 Å². The van der Waals surface area contributed by atoms with Gasteiger partial charge >= 0.3 is 23.9 Å². The first-order valence-corrected chi connectivity index (χ1v) is 17.2. The number of carbonyl (C=O) groups is 4. The fraction of sp³-hybridized carbons (Fsp3) is 0.0667. The van der Waals surface area contributed by atoms with Gasteiger partial charge in [-0.2, -0.15) is 0 Å². The summed E-state index contributed by atoms with van der Waals surface area (Å²) in [6, 6.07) is 26.0. The lowest BCUT2D eigenvalue weighted by Crippen LogP contribution is -2.71. The van der Waals surface area contributed by atoms with Crippen molar-refractivity contribution in [2.24, 2.45) is 0 Å². The molecule has 11 heteroatoms. The third-order valence-corrected chi connectivity index (χ3v) is 16.1. The van der Waals surface area contributed by atoms with E-state index < -0.39 is 62.8 Å². The Labute approximate surface area is 237 Å². The van der Waals surface area contributed by atoms with Crippen LogP contribution >= 0.6 is 0 Å². The first-order valence-electron chi connectivity index (χ1n) is 12.4. The zero-order valence-corrected chi connectivity index (χ0v) is 24.1. The molecule has 2 atom stereocenters. The largest absolute Gasteiger partial charge is 0.478 e. The van der Waals surface area contributed by atoms with Gasteiger partial charge in [0, 0.05) is 0 Å². The molecule has 0 spiro atoms. The summed E-state index contributed by atoms with van der Waals surface area (Å²) in [6.45, 7) is 3.48.